The maximum absolute atomic E-state index is 12.5. The zero-order chi connectivity index (χ0) is 11.0. The predicted octanol–water partition coefficient (Wildman–Crippen LogP) is 2.49. The van der Waals surface area contributed by atoms with Crippen LogP contribution < -0.4 is 0 Å². The Balaban J connectivity index is 2.77. The first kappa shape index (κ1) is 10.2. The van der Waals surface area contributed by atoms with Gasteiger partial charge in [-0.2, -0.15) is 0 Å². The van der Waals surface area contributed by atoms with Crippen LogP contribution in [0.4, 0.5) is 4.39 Å². The fourth-order valence-corrected chi connectivity index (χ4v) is 2.05. The van der Waals surface area contributed by atoms with Gasteiger partial charge in [0.1, 0.15) is 12.8 Å². The number of halogens is 1. The first-order valence-electron chi connectivity index (χ1n) is 4.94. The van der Waals surface area contributed by atoms with E-state index >= 15 is 0 Å². The Kier molecular flexibility index (Phi) is 2.49. The second-order valence-corrected chi connectivity index (χ2v) is 3.75. The second-order valence-electron chi connectivity index (χ2n) is 3.75. The molecule has 80 valence electrons. The Hall–Kier alpha value is -1.35. The van der Waals surface area contributed by atoms with E-state index < -0.39 is 12.8 Å². The van der Waals surface area contributed by atoms with Crippen molar-refractivity contribution in [3.63, 3.8) is 0 Å². The summed E-state index contributed by atoms with van der Waals surface area (Å²) in [5.74, 6) is 0. The van der Waals surface area contributed by atoms with Gasteiger partial charge >= 0.3 is 0 Å². The van der Waals surface area contributed by atoms with Gasteiger partial charge in [0.15, 0.2) is 0 Å². The van der Waals surface area contributed by atoms with E-state index in [-0.39, 0.29) is 0 Å². The van der Waals surface area contributed by atoms with Crippen LogP contribution in [-0.2, 0) is 7.05 Å². The van der Waals surface area contributed by atoms with Crippen molar-refractivity contribution in [3.8, 4) is 0 Å². The molecule has 0 bridgehead atoms. The summed E-state index contributed by atoms with van der Waals surface area (Å²) in [5, 5.41) is 10.6. The van der Waals surface area contributed by atoms with Crippen LogP contribution in [0.5, 0.6) is 0 Å². The quantitative estimate of drug-likeness (QED) is 0.804. The van der Waals surface area contributed by atoms with E-state index in [9.17, 15) is 9.50 Å². The van der Waals surface area contributed by atoms with Crippen molar-refractivity contribution >= 4 is 10.9 Å². The molecule has 1 heterocycles. The molecule has 3 heteroatoms. The Morgan fingerprint density at radius 3 is 2.73 bits per heavy atom. The van der Waals surface area contributed by atoms with E-state index in [2.05, 4.69) is 0 Å². The van der Waals surface area contributed by atoms with Crippen molar-refractivity contribution in [2.45, 2.75) is 13.0 Å². The van der Waals surface area contributed by atoms with Gasteiger partial charge in [-0.1, -0.05) is 18.2 Å². The lowest BCUT2D eigenvalue weighted by molar-refractivity contribution is 0.142. The minimum absolute atomic E-state index is 0.704. The van der Waals surface area contributed by atoms with Crippen LogP contribution in [0.15, 0.2) is 24.3 Å². The molecule has 2 rings (SSSR count). The van der Waals surface area contributed by atoms with Gasteiger partial charge < -0.3 is 9.67 Å². The molecule has 0 radical (unpaired) electrons. The van der Waals surface area contributed by atoms with Crippen LogP contribution in [0.2, 0.25) is 0 Å². The fourth-order valence-electron chi connectivity index (χ4n) is 2.05. The third kappa shape index (κ3) is 1.43. The van der Waals surface area contributed by atoms with E-state index in [1.165, 1.54) is 0 Å². The smallest absolute Gasteiger partial charge is 0.120 e. The molecule has 1 atom stereocenters. The first-order valence-corrected chi connectivity index (χ1v) is 4.94. The fraction of sp³-hybridized carbons (Fsp3) is 0.333. The zero-order valence-corrected chi connectivity index (χ0v) is 8.87. The molecule has 0 aliphatic heterocycles. The van der Waals surface area contributed by atoms with Crippen molar-refractivity contribution < 1.29 is 9.50 Å². The average Bonchev–Trinajstić information content (AvgIpc) is 2.52. The first-order chi connectivity index (χ1) is 7.16. The monoisotopic (exact) mass is 207 g/mol. The Labute approximate surface area is 88.0 Å². The number of nitrogens with zero attached hydrogens (tertiary/aromatic N) is 1. The van der Waals surface area contributed by atoms with E-state index in [4.69, 9.17) is 0 Å². The number of aromatic nitrogens is 1. The van der Waals surface area contributed by atoms with Gasteiger partial charge in [0, 0.05) is 29.2 Å². The molecular formula is C12H14FNO. The number of aryl methyl sites for hydroxylation is 1. The maximum Gasteiger partial charge on any atom is 0.120 e. The van der Waals surface area contributed by atoms with E-state index in [0.717, 1.165) is 16.6 Å². The number of rotatable bonds is 2. The summed E-state index contributed by atoms with van der Waals surface area (Å²) in [5.41, 5.74) is 2.65. The largest absolute Gasteiger partial charge is 0.386 e. The lowest BCUT2D eigenvalue weighted by Gasteiger charge is -2.06. The summed E-state index contributed by atoms with van der Waals surface area (Å²) in [7, 11) is 1.92. The van der Waals surface area contributed by atoms with Crippen LogP contribution in [0, 0.1) is 6.92 Å². The molecule has 0 spiro atoms. The minimum atomic E-state index is -1.02. The molecular weight excluding hydrogens is 193 g/mol. The number of benzene rings is 1. The van der Waals surface area contributed by atoms with Crippen LogP contribution in [0.25, 0.3) is 10.9 Å². The van der Waals surface area contributed by atoms with Crippen molar-refractivity contribution in [3.05, 3.63) is 35.5 Å². The Morgan fingerprint density at radius 1 is 1.40 bits per heavy atom. The van der Waals surface area contributed by atoms with Gasteiger partial charge in [-0.15, -0.1) is 0 Å². The van der Waals surface area contributed by atoms with Gasteiger partial charge in [0.05, 0.1) is 0 Å². The molecule has 0 saturated carbocycles. The molecule has 1 N–H and O–H groups in total. The number of hydrogen-bond acceptors (Lipinski definition) is 1. The topological polar surface area (TPSA) is 25.2 Å². The molecule has 1 unspecified atom stereocenters. The number of para-hydroxylation sites is 1. The van der Waals surface area contributed by atoms with Crippen molar-refractivity contribution in [1.82, 2.24) is 4.57 Å². The summed E-state index contributed by atoms with van der Waals surface area (Å²) < 4.78 is 14.5. The highest BCUT2D eigenvalue weighted by Gasteiger charge is 2.17. The van der Waals surface area contributed by atoms with Crippen molar-refractivity contribution in [2.75, 3.05) is 6.67 Å². The number of alkyl halides is 1. The molecule has 1 aromatic heterocycles. The predicted molar refractivity (Wildman–Crippen MR) is 58.6 cm³/mol. The molecule has 15 heavy (non-hydrogen) atoms. The highest BCUT2D eigenvalue weighted by molar-refractivity contribution is 5.85. The molecule has 0 amide bonds. The molecule has 1 aromatic carbocycles. The van der Waals surface area contributed by atoms with Gasteiger partial charge in [-0.25, -0.2) is 4.39 Å². The van der Waals surface area contributed by atoms with Gasteiger partial charge in [0.2, 0.25) is 0 Å². The molecule has 2 nitrogen and oxygen atoms in total. The summed E-state index contributed by atoms with van der Waals surface area (Å²) in [4.78, 5) is 0. The van der Waals surface area contributed by atoms with Gasteiger partial charge in [0.25, 0.3) is 0 Å². The Bertz CT molecular complexity index is 490. The van der Waals surface area contributed by atoms with E-state index in [1.807, 2.05) is 42.8 Å². The van der Waals surface area contributed by atoms with Gasteiger partial charge in [-0.3, -0.25) is 0 Å². The normalized spacial score (nSPS) is 13.3. The highest BCUT2D eigenvalue weighted by Crippen LogP contribution is 2.29. The zero-order valence-electron chi connectivity index (χ0n) is 8.87. The SMILES string of the molecule is Cc1c(C(O)CF)c2ccccc2n1C. The Morgan fingerprint density at radius 2 is 2.07 bits per heavy atom. The third-order valence-electron chi connectivity index (χ3n) is 2.93. The van der Waals surface area contributed by atoms with E-state index in [0.29, 0.717) is 5.56 Å². The number of aliphatic hydroxyl groups excluding tert-OH is 1. The summed E-state index contributed by atoms with van der Waals surface area (Å²) in [6.45, 7) is 1.16. The number of fused-ring (bicyclic) bond motifs is 1. The number of aliphatic hydroxyl groups is 1. The standard InChI is InChI=1S/C12H14FNO/c1-8-12(11(15)7-13)9-5-3-4-6-10(9)14(8)2/h3-6,11,15H,7H2,1-2H3. The maximum atomic E-state index is 12.5. The van der Waals surface area contributed by atoms with E-state index in [1.54, 1.807) is 0 Å². The van der Waals surface area contributed by atoms with Crippen LogP contribution in [-0.4, -0.2) is 16.3 Å². The molecule has 0 saturated heterocycles. The lowest BCUT2D eigenvalue weighted by Crippen LogP contribution is -2.01. The minimum Gasteiger partial charge on any atom is -0.386 e. The van der Waals surface area contributed by atoms with Crippen LogP contribution in [0.3, 0.4) is 0 Å². The summed E-state index contributed by atoms with van der Waals surface area (Å²) in [6.07, 6.45) is -1.02. The highest BCUT2D eigenvalue weighted by atomic mass is 19.1. The summed E-state index contributed by atoms with van der Waals surface area (Å²) in [6, 6.07) is 7.72. The van der Waals surface area contributed by atoms with Crippen molar-refractivity contribution in [2.24, 2.45) is 7.05 Å². The molecule has 0 aliphatic rings. The summed E-state index contributed by atoms with van der Waals surface area (Å²) >= 11 is 0. The van der Waals surface area contributed by atoms with Crippen molar-refractivity contribution in [1.29, 1.82) is 0 Å². The average molecular weight is 207 g/mol. The molecule has 2 aromatic rings. The molecule has 0 fully saturated rings. The van der Waals surface area contributed by atoms with Crippen LogP contribution in [0.1, 0.15) is 17.4 Å². The van der Waals surface area contributed by atoms with Crippen LogP contribution >= 0.6 is 0 Å². The molecule has 0 aliphatic carbocycles. The van der Waals surface area contributed by atoms with Gasteiger partial charge in [-0.05, 0) is 13.0 Å². The third-order valence-corrected chi connectivity index (χ3v) is 2.93. The second kappa shape index (κ2) is 3.66. The lowest BCUT2D eigenvalue weighted by atomic mass is 10.1. The number of hydrogen-bond donors (Lipinski definition) is 1.